The number of rotatable bonds is 4. The zero-order valence-electron chi connectivity index (χ0n) is 12.0. The van der Waals surface area contributed by atoms with Crippen LogP contribution in [0.3, 0.4) is 0 Å². The smallest absolute Gasteiger partial charge is 0.349 e. The minimum Gasteiger partial charge on any atom is -0.465 e. The molecule has 0 spiro atoms. The lowest BCUT2D eigenvalue weighted by atomic mass is 10.1. The van der Waals surface area contributed by atoms with E-state index in [1.54, 1.807) is 6.20 Å². The minimum absolute atomic E-state index is 0.323. The lowest BCUT2D eigenvalue weighted by Crippen LogP contribution is -1.97. The van der Waals surface area contributed by atoms with E-state index in [-0.39, 0.29) is 5.97 Å². The molecule has 4 nitrogen and oxygen atoms in total. The molecule has 2 heterocycles. The van der Waals surface area contributed by atoms with Crippen molar-refractivity contribution in [3.8, 4) is 11.3 Å². The van der Waals surface area contributed by atoms with Crippen LogP contribution in [0.1, 0.15) is 28.6 Å². The summed E-state index contributed by atoms with van der Waals surface area (Å²) in [5.74, 6) is -0.323. The maximum Gasteiger partial charge on any atom is 0.349 e. The molecule has 108 valence electrons. The number of aromatic nitrogens is 2. The lowest BCUT2D eigenvalue weighted by Gasteiger charge is -2.00. The second-order valence-corrected chi connectivity index (χ2v) is 5.86. The Hall–Kier alpha value is -2.14. The molecular formula is C16H16N2O2S. The van der Waals surface area contributed by atoms with Crippen LogP contribution >= 0.6 is 11.3 Å². The highest BCUT2D eigenvalue weighted by molar-refractivity contribution is 7.18. The number of hydrogen-bond donors (Lipinski definition) is 0. The van der Waals surface area contributed by atoms with Gasteiger partial charge in [-0.2, -0.15) is 0 Å². The fraction of sp³-hybridized carbons (Fsp3) is 0.250. The van der Waals surface area contributed by atoms with Gasteiger partial charge >= 0.3 is 5.97 Å². The molecule has 3 aromatic rings. The number of hydrogen-bond acceptors (Lipinski definition) is 4. The molecule has 0 atom stereocenters. The van der Waals surface area contributed by atoms with Gasteiger partial charge in [0.1, 0.15) is 4.88 Å². The molecule has 0 aliphatic heterocycles. The molecule has 0 saturated carbocycles. The third-order valence-corrected chi connectivity index (χ3v) is 4.31. The van der Waals surface area contributed by atoms with Crippen molar-refractivity contribution in [3.05, 3.63) is 47.1 Å². The third kappa shape index (κ3) is 2.69. The number of ether oxygens (including phenoxy) is 1. The van der Waals surface area contributed by atoms with Crippen LogP contribution in [0.5, 0.6) is 0 Å². The first-order chi connectivity index (χ1) is 10.2. The molecule has 0 radical (unpaired) electrons. The van der Waals surface area contributed by atoms with Crippen LogP contribution in [-0.2, 0) is 11.2 Å². The number of methoxy groups -OCH3 is 1. The van der Waals surface area contributed by atoms with E-state index in [0.29, 0.717) is 4.88 Å². The lowest BCUT2D eigenvalue weighted by molar-refractivity contribution is 0.0606. The molecule has 0 aliphatic rings. The summed E-state index contributed by atoms with van der Waals surface area (Å²) < 4.78 is 6.58. The summed E-state index contributed by atoms with van der Waals surface area (Å²) >= 11 is 1.33. The van der Waals surface area contributed by atoms with E-state index in [1.807, 2.05) is 10.6 Å². The van der Waals surface area contributed by atoms with Crippen molar-refractivity contribution in [1.29, 1.82) is 0 Å². The first kappa shape index (κ1) is 13.8. The average molecular weight is 300 g/mol. The molecule has 5 heteroatoms. The number of carbonyl (C=O) groups is 1. The molecule has 3 rings (SSSR count). The highest BCUT2D eigenvalue weighted by Crippen LogP contribution is 2.24. The van der Waals surface area contributed by atoms with Crippen molar-refractivity contribution in [1.82, 2.24) is 9.38 Å². The maximum atomic E-state index is 11.5. The number of thiazole rings is 1. The first-order valence-electron chi connectivity index (χ1n) is 6.87. The standard InChI is InChI=1S/C16H16N2O2S/c1-3-4-11-5-7-12(8-6-11)13-9-18-10-14(15(19)20-2)21-16(18)17-13/h5-10H,3-4H2,1-2H3. The topological polar surface area (TPSA) is 43.6 Å². The molecule has 21 heavy (non-hydrogen) atoms. The highest BCUT2D eigenvalue weighted by atomic mass is 32.1. The third-order valence-electron chi connectivity index (χ3n) is 3.33. The molecule has 0 N–H and O–H groups in total. The van der Waals surface area contributed by atoms with Gasteiger partial charge < -0.3 is 4.74 Å². The predicted octanol–water partition coefficient (Wildman–Crippen LogP) is 3.80. The molecule has 0 saturated heterocycles. The Morgan fingerprint density at radius 2 is 2.05 bits per heavy atom. The van der Waals surface area contributed by atoms with Crippen molar-refractivity contribution in [3.63, 3.8) is 0 Å². The Balaban J connectivity index is 1.90. The largest absolute Gasteiger partial charge is 0.465 e. The van der Waals surface area contributed by atoms with Gasteiger partial charge in [0.25, 0.3) is 0 Å². The Kier molecular flexibility index (Phi) is 3.75. The summed E-state index contributed by atoms with van der Waals surface area (Å²) in [6.07, 6.45) is 5.94. The molecule has 2 aromatic heterocycles. The van der Waals surface area contributed by atoms with E-state index in [9.17, 15) is 4.79 Å². The van der Waals surface area contributed by atoms with E-state index in [1.165, 1.54) is 24.0 Å². The Morgan fingerprint density at radius 3 is 2.67 bits per heavy atom. The fourth-order valence-electron chi connectivity index (χ4n) is 2.26. The van der Waals surface area contributed by atoms with Crippen molar-refractivity contribution in [2.24, 2.45) is 0 Å². The zero-order chi connectivity index (χ0) is 14.8. The van der Waals surface area contributed by atoms with E-state index >= 15 is 0 Å². The van der Waals surface area contributed by atoms with Crippen LogP contribution in [0.25, 0.3) is 16.2 Å². The average Bonchev–Trinajstić information content (AvgIpc) is 3.06. The number of nitrogens with zero attached hydrogens (tertiary/aromatic N) is 2. The van der Waals surface area contributed by atoms with Gasteiger partial charge in [0, 0.05) is 18.0 Å². The van der Waals surface area contributed by atoms with Crippen LogP contribution in [-0.4, -0.2) is 22.5 Å². The molecule has 1 aromatic carbocycles. The second-order valence-electron chi connectivity index (χ2n) is 4.85. The monoisotopic (exact) mass is 300 g/mol. The van der Waals surface area contributed by atoms with Crippen LogP contribution in [0.4, 0.5) is 0 Å². The number of imidazole rings is 1. The van der Waals surface area contributed by atoms with Crippen LogP contribution in [0, 0.1) is 0 Å². The summed E-state index contributed by atoms with van der Waals surface area (Å²) in [6, 6.07) is 8.48. The Morgan fingerprint density at radius 1 is 1.29 bits per heavy atom. The molecule has 0 unspecified atom stereocenters. The number of benzene rings is 1. The van der Waals surface area contributed by atoms with Crippen molar-refractivity contribution in [2.45, 2.75) is 19.8 Å². The van der Waals surface area contributed by atoms with Gasteiger partial charge in [0.2, 0.25) is 0 Å². The predicted molar refractivity (Wildman–Crippen MR) is 83.8 cm³/mol. The van der Waals surface area contributed by atoms with Gasteiger partial charge in [-0.3, -0.25) is 4.40 Å². The molecule has 0 fully saturated rings. The summed E-state index contributed by atoms with van der Waals surface area (Å²) in [7, 11) is 1.38. The van der Waals surface area contributed by atoms with E-state index in [0.717, 1.165) is 29.1 Å². The zero-order valence-corrected chi connectivity index (χ0v) is 12.8. The van der Waals surface area contributed by atoms with E-state index in [4.69, 9.17) is 4.74 Å². The Bertz CT molecular complexity index is 740. The fourth-order valence-corrected chi connectivity index (χ4v) is 3.14. The van der Waals surface area contributed by atoms with Gasteiger partial charge in [-0.1, -0.05) is 48.9 Å². The SMILES string of the molecule is CCCc1ccc(-c2cn3cc(C(=O)OC)sc3n2)cc1. The van der Waals surface area contributed by atoms with Crippen molar-refractivity contribution < 1.29 is 9.53 Å². The van der Waals surface area contributed by atoms with Crippen molar-refractivity contribution >= 4 is 22.3 Å². The number of fused-ring (bicyclic) bond motifs is 1. The van der Waals surface area contributed by atoms with Crippen LogP contribution in [0.15, 0.2) is 36.7 Å². The summed E-state index contributed by atoms with van der Waals surface area (Å²) in [4.78, 5) is 17.4. The quantitative estimate of drug-likeness (QED) is 0.688. The number of esters is 1. The normalized spacial score (nSPS) is 11.0. The summed E-state index contributed by atoms with van der Waals surface area (Å²) in [5.41, 5.74) is 3.35. The van der Waals surface area contributed by atoms with Gasteiger partial charge in [-0.25, -0.2) is 9.78 Å². The van der Waals surface area contributed by atoms with Gasteiger partial charge in [0.05, 0.1) is 12.8 Å². The summed E-state index contributed by atoms with van der Waals surface area (Å²) in [5, 5.41) is 0. The van der Waals surface area contributed by atoms with Crippen LogP contribution in [0.2, 0.25) is 0 Å². The minimum atomic E-state index is -0.323. The Labute approximate surface area is 127 Å². The van der Waals surface area contributed by atoms with Gasteiger partial charge in [0.15, 0.2) is 4.96 Å². The summed E-state index contributed by atoms with van der Waals surface area (Å²) in [6.45, 7) is 2.18. The van der Waals surface area contributed by atoms with Crippen molar-refractivity contribution in [2.75, 3.05) is 7.11 Å². The number of aryl methyl sites for hydroxylation is 1. The second kappa shape index (κ2) is 5.69. The van der Waals surface area contributed by atoms with E-state index in [2.05, 4.69) is 36.2 Å². The molecular weight excluding hydrogens is 284 g/mol. The highest BCUT2D eigenvalue weighted by Gasteiger charge is 2.13. The molecule has 0 bridgehead atoms. The van der Waals surface area contributed by atoms with Gasteiger partial charge in [-0.05, 0) is 12.0 Å². The van der Waals surface area contributed by atoms with Gasteiger partial charge in [-0.15, -0.1) is 0 Å². The van der Waals surface area contributed by atoms with E-state index < -0.39 is 0 Å². The first-order valence-corrected chi connectivity index (χ1v) is 7.69. The van der Waals surface area contributed by atoms with Crippen LogP contribution < -0.4 is 0 Å². The number of carbonyl (C=O) groups excluding carboxylic acids is 1. The molecule has 0 amide bonds. The molecule has 0 aliphatic carbocycles. The maximum absolute atomic E-state index is 11.5.